The number of carbonyl (C=O) groups excluding carboxylic acids is 1. The number of amides is 1. The van der Waals surface area contributed by atoms with E-state index in [-0.39, 0.29) is 29.9 Å². The molecule has 0 spiro atoms. The molecule has 0 aromatic heterocycles. The Morgan fingerprint density at radius 2 is 1.96 bits per heavy atom. The molecule has 1 aromatic rings. The molecule has 4 nitrogen and oxygen atoms in total. The maximum Gasteiger partial charge on any atom is 0.260 e. The summed E-state index contributed by atoms with van der Waals surface area (Å²) in [7, 11) is 0. The van der Waals surface area contributed by atoms with Crippen molar-refractivity contribution >= 4 is 29.9 Å². The molecule has 1 aromatic carbocycles. The van der Waals surface area contributed by atoms with Crippen LogP contribution in [0.3, 0.4) is 0 Å². The minimum Gasteiger partial charge on any atom is -0.484 e. The van der Waals surface area contributed by atoms with Gasteiger partial charge in [0.2, 0.25) is 0 Å². The average molecular weight is 363 g/mol. The first-order valence-electron chi connectivity index (χ1n) is 7.70. The highest BCUT2D eigenvalue weighted by molar-refractivity contribution is 6.30. The van der Waals surface area contributed by atoms with Crippen LogP contribution in [0.1, 0.15) is 12.8 Å². The number of hydrogen-bond donors (Lipinski definition) is 1. The van der Waals surface area contributed by atoms with Crippen LogP contribution in [-0.2, 0) is 4.79 Å². The predicted molar refractivity (Wildman–Crippen MR) is 89.8 cm³/mol. The van der Waals surface area contributed by atoms with Crippen molar-refractivity contribution in [1.29, 1.82) is 0 Å². The van der Waals surface area contributed by atoms with E-state index < -0.39 is 5.82 Å². The van der Waals surface area contributed by atoms with Gasteiger partial charge in [-0.25, -0.2) is 4.39 Å². The lowest BCUT2D eigenvalue weighted by molar-refractivity contribution is -0.133. The van der Waals surface area contributed by atoms with Gasteiger partial charge in [-0.2, -0.15) is 0 Å². The molecular weight excluding hydrogens is 342 g/mol. The van der Waals surface area contributed by atoms with E-state index in [1.54, 1.807) is 0 Å². The molecule has 0 radical (unpaired) electrons. The number of hydrogen-bond acceptors (Lipinski definition) is 3. The molecule has 2 saturated heterocycles. The van der Waals surface area contributed by atoms with Gasteiger partial charge in [0.25, 0.3) is 5.91 Å². The van der Waals surface area contributed by atoms with E-state index >= 15 is 0 Å². The van der Waals surface area contributed by atoms with Crippen LogP contribution in [0.15, 0.2) is 18.2 Å². The van der Waals surface area contributed by atoms with Gasteiger partial charge in [-0.05, 0) is 49.9 Å². The average Bonchev–Trinajstić information content (AvgIpc) is 2.87. The summed E-state index contributed by atoms with van der Waals surface area (Å²) in [5.74, 6) is 1.28. The summed E-state index contributed by atoms with van der Waals surface area (Å²) in [5, 5.41) is 3.42. The van der Waals surface area contributed by atoms with E-state index in [4.69, 9.17) is 16.3 Å². The number of nitrogens with zero attached hydrogens (tertiary/aromatic N) is 1. The van der Waals surface area contributed by atoms with Crippen LogP contribution in [0, 0.1) is 17.7 Å². The van der Waals surface area contributed by atoms with E-state index in [2.05, 4.69) is 5.32 Å². The number of halogens is 3. The summed E-state index contributed by atoms with van der Waals surface area (Å²) in [6.07, 6.45) is 2.09. The molecule has 7 heteroatoms. The van der Waals surface area contributed by atoms with Crippen LogP contribution in [0.5, 0.6) is 5.75 Å². The lowest BCUT2D eigenvalue weighted by atomic mass is 9.92. The standard InChI is InChI=1S/C16H20ClFN2O2.ClH/c17-14-7-13(1-2-15(14)18)22-10-16(21)20-5-3-11-8-19-9-12(11)4-6-20;/h1-2,7,11-12,19H,3-6,8-10H2;1H/t11-,12+;. The molecular formula is C16H21Cl2FN2O2. The molecule has 2 aliphatic rings. The van der Waals surface area contributed by atoms with E-state index in [9.17, 15) is 9.18 Å². The van der Waals surface area contributed by atoms with Crippen LogP contribution >= 0.6 is 24.0 Å². The largest absolute Gasteiger partial charge is 0.484 e. The fraction of sp³-hybridized carbons (Fsp3) is 0.562. The molecule has 3 rings (SSSR count). The molecule has 1 amide bonds. The highest BCUT2D eigenvalue weighted by Gasteiger charge is 2.31. The molecule has 2 fully saturated rings. The molecule has 128 valence electrons. The number of ether oxygens (including phenoxy) is 1. The molecule has 0 unspecified atom stereocenters. The van der Waals surface area contributed by atoms with Gasteiger partial charge in [0.15, 0.2) is 6.61 Å². The van der Waals surface area contributed by atoms with Gasteiger partial charge < -0.3 is 15.0 Å². The maximum atomic E-state index is 13.1. The molecule has 0 bridgehead atoms. The monoisotopic (exact) mass is 362 g/mol. The van der Waals surface area contributed by atoms with E-state index in [0.29, 0.717) is 17.6 Å². The van der Waals surface area contributed by atoms with Crippen LogP contribution in [-0.4, -0.2) is 43.6 Å². The van der Waals surface area contributed by atoms with Gasteiger partial charge >= 0.3 is 0 Å². The van der Waals surface area contributed by atoms with Gasteiger partial charge in [-0.1, -0.05) is 11.6 Å². The first-order chi connectivity index (χ1) is 10.6. The lowest BCUT2D eigenvalue weighted by Crippen LogP contribution is -2.36. The molecule has 2 aliphatic heterocycles. The van der Waals surface area contributed by atoms with Gasteiger partial charge in [-0.3, -0.25) is 4.79 Å². The molecule has 23 heavy (non-hydrogen) atoms. The van der Waals surface area contributed by atoms with Crippen molar-refractivity contribution in [1.82, 2.24) is 10.2 Å². The third-order valence-electron chi connectivity index (χ3n) is 4.63. The normalized spacial score (nSPS) is 23.7. The number of carbonyl (C=O) groups is 1. The number of fused-ring (bicyclic) bond motifs is 1. The maximum absolute atomic E-state index is 13.1. The van der Waals surface area contributed by atoms with Gasteiger partial charge in [0.05, 0.1) is 5.02 Å². The topological polar surface area (TPSA) is 41.6 Å². The fourth-order valence-electron chi connectivity index (χ4n) is 3.27. The van der Waals surface area contributed by atoms with Gasteiger partial charge in [0, 0.05) is 19.2 Å². The van der Waals surface area contributed by atoms with Crippen molar-refractivity contribution < 1.29 is 13.9 Å². The number of rotatable bonds is 3. The Balaban J connectivity index is 0.00000192. The highest BCUT2D eigenvalue weighted by Crippen LogP contribution is 2.27. The predicted octanol–water partition coefficient (Wildman–Crippen LogP) is 2.74. The summed E-state index contributed by atoms with van der Waals surface area (Å²) < 4.78 is 18.5. The van der Waals surface area contributed by atoms with E-state index in [1.165, 1.54) is 18.2 Å². The van der Waals surface area contributed by atoms with Gasteiger partial charge in [-0.15, -0.1) is 12.4 Å². The Hall–Kier alpha value is -1.04. The first kappa shape index (κ1) is 18.3. The van der Waals surface area contributed by atoms with E-state index in [0.717, 1.165) is 39.0 Å². The van der Waals surface area contributed by atoms with Crippen molar-refractivity contribution in [2.24, 2.45) is 11.8 Å². The quantitative estimate of drug-likeness (QED) is 0.898. The second-order valence-electron chi connectivity index (χ2n) is 6.00. The Morgan fingerprint density at radius 3 is 2.57 bits per heavy atom. The Labute approximate surface area is 146 Å². The molecule has 0 saturated carbocycles. The first-order valence-corrected chi connectivity index (χ1v) is 8.07. The second-order valence-corrected chi connectivity index (χ2v) is 6.41. The summed E-state index contributed by atoms with van der Waals surface area (Å²) in [6, 6.07) is 4.11. The number of nitrogens with one attached hydrogen (secondary N) is 1. The fourth-order valence-corrected chi connectivity index (χ4v) is 3.44. The summed E-state index contributed by atoms with van der Waals surface area (Å²) in [5.41, 5.74) is 0. The number of likely N-dealkylation sites (tertiary alicyclic amines) is 1. The van der Waals surface area contributed by atoms with Crippen LogP contribution in [0.2, 0.25) is 5.02 Å². The smallest absolute Gasteiger partial charge is 0.260 e. The minimum absolute atomic E-state index is 0. The lowest BCUT2D eigenvalue weighted by Gasteiger charge is -2.21. The number of benzene rings is 1. The zero-order chi connectivity index (χ0) is 15.5. The zero-order valence-corrected chi connectivity index (χ0v) is 14.3. The van der Waals surface area contributed by atoms with Crippen LogP contribution < -0.4 is 10.1 Å². The molecule has 0 aliphatic carbocycles. The third kappa shape index (κ3) is 4.49. The van der Waals surface area contributed by atoms with Crippen LogP contribution in [0.4, 0.5) is 4.39 Å². The van der Waals surface area contributed by atoms with Crippen molar-refractivity contribution in [3.8, 4) is 5.75 Å². The Morgan fingerprint density at radius 1 is 1.30 bits per heavy atom. The van der Waals surface area contributed by atoms with Crippen molar-refractivity contribution in [3.63, 3.8) is 0 Å². The van der Waals surface area contributed by atoms with E-state index in [1.807, 2.05) is 4.90 Å². The highest BCUT2D eigenvalue weighted by atomic mass is 35.5. The van der Waals surface area contributed by atoms with Crippen molar-refractivity contribution in [2.45, 2.75) is 12.8 Å². The Bertz CT molecular complexity index is 545. The molecule has 2 atom stereocenters. The zero-order valence-electron chi connectivity index (χ0n) is 12.8. The summed E-state index contributed by atoms with van der Waals surface area (Å²) in [4.78, 5) is 14.2. The SMILES string of the molecule is Cl.O=C(COc1ccc(F)c(Cl)c1)N1CC[C@@H]2CNC[C@@H]2CC1. The Kier molecular flexibility index (Phi) is 6.50. The minimum atomic E-state index is -0.493. The van der Waals surface area contributed by atoms with Crippen LogP contribution in [0.25, 0.3) is 0 Å². The van der Waals surface area contributed by atoms with Crippen molar-refractivity contribution in [3.05, 3.63) is 29.0 Å². The molecule has 1 N–H and O–H groups in total. The molecule has 2 heterocycles. The summed E-state index contributed by atoms with van der Waals surface area (Å²) >= 11 is 5.70. The van der Waals surface area contributed by atoms with Gasteiger partial charge in [0.1, 0.15) is 11.6 Å². The second kappa shape index (κ2) is 8.18. The summed E-state index contributed by atoms with van der Waals surface area (Å²) in [6.45, 7) is 3.68. The third-order valence-corrected chi connectivity index (χ3v) is 4.92. The van der Waals surface area contributed by atoms with Crippen molar-refractivity contribution in [2.75, 3.05) is 32.8 Å².